The quantitative estimate of drug-likeness (QED) is 0.0698. The maximum absolute atomic E-state index is 8.97. The lowest BCUT2D eigenvalue weighted by atomic mass is 9.98. The summed E-state index contributed by atoms with van der Waals surface area (Å²) >= 11 is 0. The predicted octanol–water partition coefficient (Wildman–Crippen LogP) is 8.35. The highest BCUT2D eigenvalue weighted by atomic mass is 35.5. The van der Waals surface area contributed by atoms with E-state index in [-0.39, 0.29) is 24.8 Å². The average Bonchev–Trinajstić information content (AvgIpc) is 2.85. The van der Waals surface area contributed by atoms with Gasteiger partial charge >= 0.3 is 0 Å². The van der Waals surface area contributed by atoms with Gasteiger partial charge in [0.15, 0.2) is 0 Å². The number of halogens is 2. The monoisotopic (exact) mass is 556 g/mol. The molecule has 0 aliphatic carbocycles. The largest absolute Gasteiger partial charge is 0.396 e. The zero-order valence-electron chi connectivity index (χ0n) is 24.3. The van der Waals surface area contributed by atoms with Crippen LogP contribution >= 0.6 is 24.8 Å². The van der Waals surface area contributed by atoms with Gasteiger partial charge in [0.05, 0.1) is 0 Å². The normalized spacial score (nSPS) is 12.7. The van der Waals surface area contributed by atoms with Crippen LogP contribution in [-0.4, -0.2) is 48.6 Å². The molecule has 0 radical (unpaired) electrons. The molecule has 36 heavy (non-hydrogen) atoms. The van der Waals surface area contributed by atoms with Crippen molar-refractivity contribution in [2.75, 3.05) is 26.3 Å². The van der Waals surface area contributed by atoms with Crippen molar-refractivity contribution in [2.24, 2.45) is 0 Å². The lowest BCUT2D eigenvalue weighted by Gasteiger charge is -2.20. The van der Waals surface area contributed by atoms with Gasteiger partial charge in [0, 0.05) is 25.3 Å². The van der Waals surface area contributed by atoms with Crippen LogP contribution in [0.25, 0.3) is 0 Å². The Morgan fingerprint density at radius 1 is 0.417 bits per heavy atom. The summed E-state index contributed by atoms with van der Waals surface area (Å²) in [5.41, 5.74) is 0. The average molecular weight is 558 g/mol. The SMILES string of the molecule is CCCCCCC(CCCCCCC(CCCCCC)NCCCCCO)NCCCCCO.Cl.Cl. The van der Waals surface area contributed by atoms with Crippen LogP contribution < -0.4 is 10.6 Å². The molecule has 222 valence electrons. The van der Waals surface area contributed by atoms with Gasteiger partial charge < -0.3 is 20.8 Å². The second-order valence-corrected chi connectivity index (χ2v) is 10.6. The molecule has 0 saturated carbocycles. The number of unbranched alkanes of at least 4 members (excludes halogenated alkanes) is 13. The van der Waals surface area contributed by atoms with E-state index in [0.717, 1.165) is 38.8 Å². The Morgan fingerprint density at radius 3 is 1.03 bits per heavy atom. The number of aliphatic hydroxyl groups is 2. The summed E-state index contributed by atoms with van der Waals surface area (Å²) in [5, 5.41) is 25.6. The lowest BCUT2D eigenvalue weighted by molar-refractivity contribution is 0.281. The third-order valence-corrected chi connectivity index (χ3v) is 7.20. The highest BCUT2D eigenvalue weighted by Crippen LogP contribution is 2.16. The molecule has 4 N–H and O–H groups in total. The Morgan fingerprint density at radius 2 is 0.722 bits per heavy atom. The summed E-state index contributed by atoms with van der Waals surface area (Å²) in [6.45, 7) is 7.47. The molecular formula is C30H66Cl2N2O2. The predicted molar refractivity (Wildman–Crippen MR) is 165 cm³/mol. The number of hydrogen-bond acceptors (Lipinski definition) is 4. The molecule has 2 unspecified atom stereocenters. The van der Waals surface area contributed by atoms with Gasteiger partial charge in [-0.1, -0.05) is 90.9 Å². The molecular weight excluding hydrogens is 491 g/mol. The molecule has 0 aliphatic heterocycles. The molecule has 6 heteroatoms. The first-order valence-electron chi connectivity index (χ1n) is 15.5. The molecule has 0 bridgehead atoms. The second-order valence-electron chi connectivity index (χ2n) is 10.6. The van der Waals surface area contributed by atoms with Crippen LogP contribution in [0.4, 0.5) is 0 Å². The third kappa shape index (κ3) is 30.6. The van der Waals surface area contributed by atoms with Gasteiger partial charge in [0.1, 0.15) is 0 Å². The van der Waals surface area contributed by atoms with Crippen LogP contribution in [0.3, 0.4) is 0 Å². The highest BCUT2D eigenvalue weighted by molar-refractivity contribution is 5.85. The standard InChI is InChI=1S/C30H64N2O2.2ClH/c1-3-5-7-13-21-29(31-25-17-11-19-27-33)23-15-9-10-16-24-30(22-14-8-6-4-2)32-26-18-12-20-28-34;;/h29-34H,3-28H2,1-2H3;2*1H. The number of hydrogen-bond donors (Lipinski definition) is 4. The molecule has 0 aromatic carbocycles. The molecule has 0 spiro atoms. The molecule has 2 atom stereocenters. The minimum atomic E-state index is 0. The Kier molecular flexibility index (Phi) is 40.3. The number of aliphatic hydroxyl groups excluding tert-OH is 2. The third-order valence-electron chi connectivity index (χ3n) is 7.20. The first kappa shape index (κ1) is 40.9. The van der Waals surface area contributed by atoms with Crippen molar-refractivity contribution < 1.29 is 10.2 Å². The fourth-order valence-electron chi connectivity index (χ4n) is 4.91. The molecule has 4 nitrogen and oxygen atoms in total. The summed E-state index contributed by atoms with van der Waals surface area (Å²) < 4.78 is 0. The number of rotatable bonds is 29. The molecule has 0 fully saturated rings. The van der Waals surface area contributed by atoms with E-state index >= 15 is 0 Å². The first-order valence-corrected chi connectivity index (χ1v) is 15.5. The van der Waals surface area contributed by atoms with Crippen molar-refractivity contribution in [1.82, 2.24) is 10.6 Å². The molecule has 0 aliphatic rings. The van der Waals surface area contributed by atoms with Gasteiger partial charge in [0.25, 0.3) is 0 Å². The maximum Gasteiger partial charge on any atom is 0.0431 e. The maximum atomic E-state index is 8.97. The van der Waals surface area contributed by atoms with Gasteiger partial charge in [0.2, 0.25) is 0 Å². The Hall–Kier alpha value is 0.420. The van der Waals surface area contributed by atoms with Crippen molar-refractivity contribution in [2.45, 2.75) is 167 Å². The van der Waals surface area contributed by atoms with Crippen LogP contribution in [0.15, 0.2) is 0 Å². The van der Waals surface area contributed by atoms with E-state index in [1.165, 1.54) is 116 Å². The molecule has 0 aromatic heterocycles. The summed E-state index contributed by atoms with van der Waals surface area (Å²) in [6, 6.07) is 1.38. The van der Waals surface area contributed by atoms with Crippen LogP contribution in [0.1, 0.15) is 155 Å². The fraction of sp³-hybridized carbons (Fsp3) is 1.00. The van der Waals surface area contributed by atoms with Crippen LogP contribution in [0.2, 0.25) is 0 Å². The van der Waals surface area contributed by atoms with E-state index in [1.54, 1.807) is 0 Å². The van der Waals surface area contributed by atoms with E-state index in [9.17, 15) is 0 Å². The van der Waals surface area contributed by atoms with Crippen LogP contribution in [0, 0.1) is 0 Å². The zero-order chi connectivity index (χ0) is 25.0. The van der Waals surface area contributed by atoms with Crippen molar-refractivity contribution >= 4 is 24.8 Å². The van der Waals surface area contributed by atoms with E-state index < -0.39 is 0 Å². The lowest BCUT2D eigenvalue weighted by Crippen LogP contribution is -2.30. The summed E-state index contributed by atoms with van der Waals surface area (Å²) in [4.78, 5) is 0. The Balaban J connectivity index is -0.00000544. The molecule has 0 saturated heterocycles. The van der Waals surface area contributed by atoms with E-state index in [1.807, 2.05) is 0 Å². The van der Waals surface area contributed by atoms with Gasteiger partial charge in [-0.2, -0.15) is 0 Å². The summed E-state index contributed by atoms with van der Waals surface area (Å²) in [5.74, 6) is 0. The fourth-order valence-corrected chi connectivity index (χ4v) is 4.91. The Bertz CT molecular complexity index is 345. The molecule has 0 heterocycles. The topological polar surface area (TPSA) is 64.5 Å². The van der Waals surface area contributed by atoms with Gasteiger partial charge in [-0.25, -0.2) is 0 Å². The van der Waals surface area contributed by atoms with Crippen molar-refractivity contribution in [1.29, 1.82) is 0 Å². The van der Waals surface area contributed by atoms with Gasteiger partial charge in [-0.3, -0.25) is 0 Å². The van der Waals surface area contributed by atoms with E-state index in [0.29, 0.717) is 25.3 Å². The van der Waals surface area contributed by atoms with Gasteiger partial charge in [-0.15, -0.1) is 24.8 Å². The second kappa shape index (κ2) is 35.4. The summed E-state index contributed by atoms with van der Waals surface area (Å²) in [6.07, 6.45) is 28.2. The van der Waals surface area contributed by atoms with Crippen LogP contribution in [0.5, 0.6) is 0 Å². The number of nitrogens with one attached hydrogen (secondary N) is 2. The minimum Gasteiger partial charge on any atom is -0.396 e. The first-order chi connectivity index (χ1) is 16.8. The minimum absolute atomic E-state index is 0. The van der Waals surface area contributed by atoms with E-state index in [4.69, 9.17) is 10.2 Å². The van der Waals surface area contributed by atoms with Crippen molar-refractivity contribution in [3.8, 4) is 0 Å². The molecule has 0 amide bonds. The zero-order valence-corrected chi connectivity index (χ0v) is 25.9. The summed E-state index contributed by atoms with van der Waals surface area (Å²) in [7, 11) is 0. The molecule has 0 rings (SSSR count). The Labute approximate surface area is 238 Å². The van der Waals surface area contributed by atoms with E-state index in [2.05, 4.69) is 24.5 Å². The highest BCUT2D eigenvalue weighted by Gasteiger charge is 2.10. The van der Waals surface area contributed by atoms with Crippen molar-refractivity contribution in [3.63, 3.8) is 0 Å². The smallest absolute Gasteiger partial charge is 0.0431 e. The van der Waals surface area contributed by atoms with Crippen LogP contribution in [-0.2, 0) is 0 Å². The van der Waals surface area contributed by atoms with Gasteiger partial charge in [-0.05, 0) is 77.3 Å². The van der Waals surface area contributed by atoms with Crippen molar-refractivity contribution in [3.05, 3.63) is 0 Å². The molecule has 0 aromatic rings.